The quantitative estimate of drug-likeness (QED) is 0.206. The van der Waals surface area contributed by atoms with E-state index in [0.717, 1.165) is 22.3 Å². The van der Waals surface area contributed by atoms with Crippen molar-refractivity contribution in [2.75, 3.05) is 7.05 Å². The van der Waals surface area contributed by atoms with Gasteiger partial charge in [0.25, 0.3) is 0 Å². The van der Waals surface area contributed by atoms with Crippen molar-refractivity contribution in [2.45, 2.75) is 71.3 Å². The monoisotopic (exact) mass is 485 g/mol. The van der Waals surface area contributed by atoms with E-state index in [-0.39, 0.29) is 30.3 Å². The van der Waals surface area contributed by atoms with Gasteiger partial charge < -0.3 is 15.4 Å². The van der Waals surface area contributed by atoms with Crippen LogP contribution in [0.5, 0.6) is 0 Å². The molecule has 2 heterocycles. The first-order valence-electron chi connectivity index (χ1n) is 13.3. The number of rotatable bonds is 5. The maximum Gasteiger partial charge on any atom is 1.00 e. The maximum atomic E-state index is 8.22. The van der Waals surface area contributed by atoms with Gasteiger partial charge in [-0.2, -0.15) is 5.70 Å². The molecule has 1 aliphatic carbocycles. The summed E-state index contributed by atoms with van der Waals surface area (Å²) in [4.78, 5) is 5.00. The molecule has 188 valence electrons. The Morgan fingerprint density at radius 1 is 1.03 bits per heavy atom. The van der Waals surface area contributed by atoms with Crippen molar-refractivity contribution in [1.82, 2.24) is 14.6 Å². The van der Waals surface area contributed by atoms with Gasteiger partial charge in [-0.05, 0) is 54.6 Å². The van der Waals surface area contributed by atoms with Gasteiger partial charge in [0.05, 0.1) is 22.6 Å². The summed E-state index contributed by atoms with van der Waals surface area (Å²) < 4.78 is 2.58. The van der Waals surface area contributed by atoms with Crippen molar-refractivity contribution in [2.24, 2.45) is 5.92 Å². The molecule has 5 heteroatoms. The van der Waals surface area contributed by atoms with Crippen LogP contribution < -0.4 is 18.9 Å². The van der Waals surface area contributed by atoms with Crippen LogP contribution in [0.4, 0.5) is 0 Å². The molecule has 1 atom stereocenters. The number of benzene rings is 2. The second kappa shape index (κ2) is 11.1. The van der Waals surface area contributed by atoms with Gasteiger partial charge >= 0.3 is 18.9 Å². The third kappa shape index (κ3) is 5.25. The summed E-state index contributed by atoms with van der Waals surface area (Å²) in [6, 6.07) is 20.5. The fourth-order valence-corrected chi connectivity index (χ4v) is 6.04. The molecule has 5 rings (SSSR count). The largest absolute Gasteiger partial charge is 1.00 e. The fourth-order valence-electron chi connectivity index (χ4n) is 6.04. The van der Waals surface area contributed by atoms with Crippen molar-refractivity contribution in [3.63, 3.8) is 0 Å². The molecule has 0 bridgehead atoms. The summed E-state index contributed by atoms with van der Waals surface area (Å²) in [6.45, 7) is 8.72. The number of pyridine rings is 1. The van der Waals surface area contributed by atoms with Crippen LogP contribution in [0.3, 0.4) is 0 Å². The van der Waals surface area contributed by atoms with Crippen LogP contribution in [0, 0.1) is 12.0 Å². The molecular weight excluding hydrogens is 447 g/mol. The predicted molar refractivity (Wildman–Crippen MR) is 152 cm³/mol. The van der Waals surface area contributed by atoms with Gasteiger partial charge in [0.15, 0.2) is 0 Å². The molecule has 0 unspecified atom stereocenters. The average molecular weight is 486 g/mol. The molecule has 1 N–H and O–H groups in total. The van der Waals surface area contributed by atoms with Crippen LogP contribution in [0.25, 0.3) is 33.5 Å². The van der Waals surface area contributed by atoms with E-state index in [1.165, 1.54) is 59.1 Å². The fraction of sp³-hybridized carbons (Fsp3) is 0.406. The molecule has 2 aromatic heterocycles. The van der Waals surface area contributed by atoms with E-state index in [1.807, 2.05) is 13.1 Å². The Bertz CT molecular complexity index is 1390. The number of nitrogens with one attached hydrogen (secondary N) is 1. The Morgan fingerprint density at radius 3 is 2.35 bits per heavy atom. The first-order valence-corrected chi connectivity index (χ1v) is 13.3. The van der Waals surface area contributed by atoms with Gasteiger partial charge in [-0.25, -0.2) is 0 Å². The molecule has 0 radical (unpaired) electrons. The topological polar surface area (TPSA) is 44.9 Å². The summed E-state index contributed by atoms with van der Waals surface area (Å²) >= 11 is 0. The van der Waals surface area contributed by atoms with E-state index >= 15 is 0 Å². The van der Waals surface area contributed by atoms with E-state index in [9.17, 15) is 0 Å². The second-order valence-electron chi connectivity index (χ2n) is 11.4. The van der Waals surface area contributed by atoms with Crippen LogP contribution in [0.2, 0.25) is 0 Å². The zero-order chi connectivity index (χ0) is 25.4. The molecule has 0 saturated heterocycles. The summed E-state index contributed by atoms with van der Waals surface area (Å²) in [5.74, 6) is 8.79. The van der Waals surface area contributed by atoms with Crippen LogP contribution in [-0.2, 0) is 5.41 Å². The van der Waals surface area contributed by atoms with Gasteiger partial charge in [-0.15, -0.1) is 18.6 Å². The maximum absolute atomic E-state index is 8.22. The van der Waals surface area contributed by atoms with E-state index < -0.39 is 0 Å². The number of nitrogens with zero attached hydrogens (tertiary/aromatic N) is 3. The Morgan fingerprint density at radius 2 is 1.73 bits per heavy atom. The van der Waals surface area contributed by atoms with Gasteiger partial charge in [-0.1, -0.05) is 82.5 Å². The molecule has 4 nitrogen and oxygen atoms in total. The van der Waals surface area contributed by atoms with E-state index in [1.54, 1.807) is 7.05 Å². The molecule has 0 amide bonds. The van der Waals surface area contributed by atoms with Crippen molar-refractivity contribution < 1.29 is 18.9 Å². The minimum atomic E-state index is 0. The number of hydrogen-bond donors (Lipinski definition) is 0. The second-order valence-corrected chi connectivity index (χ2v) is 11.4. The first-order chi connectivity index (χ1) is 17.3. The van der Waals surface area contributed by atoms with E-state index in [2.05, 4.69) is 86.0 Å². The minimum Gasteiger partial charge on any atom is -0.586 e. The molecule has 1 fully saturated rings. The third-order valence-electron chi connectivity index (χ3n) is 7.87. The molecule has 0 spiro atoms. The Hall–Kier alpha value is -2.51. The molecule has 1 saturated carbocycles. The van der Waals surface area contributed by atoms with Gasteiger partial charge in [0, 0.05) is 5.39 Å². The zero-order valence-corrected chi connectivity index (χ0v) is 23.3. The number of aromatic nitrogens is 2. The minimum absolute atomic E-state index is 0. The molecule has 4 aromatic rings. The molecular formula is C32H38LiN4-. The molecule has 1 aliphatic rings. The smallest absolute Gasteiger partial charge is 0.586 e. The normalized spacial score (nSPS) is 16.1. The van der Waals surface area contributed by atoms with Gasteiger partial charge in [-0.3, -0.25) is 11.1 Å². The summed E-state index contributed by atoms with van der Waals surface area (Å²) in [6.07, 6.45) is 11.5. The van der Waals surface area contributed by atoms with E-state index in [0.29, 0.717) is 5.92 Å². The van der Waals surface area contributed by atoms with Crippen LogP contribution in [0.15, 0.2) is 60.8 Å². The zero-order valence-electron chi connectivity index (χ0n) is 23.3. The molecule has 2 aromatic carbocycles. The van der Waals surface area contributed by atoms with Crippen LogP contribution in [0.1, 0.15) is 82.5 Å². The van der Waals surface area contributed by atoms with Gasteiger partial charge in [0.1, 0.15) is 0 Å². The van der Waals surface area contributed by atoms with Crippen molar-refractivity contribution >= 4 is 27.6 Å². The van der Waals surface area contributed by atoms with Crippen molar-refractivity contribution in [3.8, 4) is 0 Å². The average Bonchev–Trinajstić information content (AvgIpc) is 3.18. The SMILES string of the molecule is C[C-]=C(c1cnc2c3ccc(C(C)(C)C)cc3n([C@H](c3ccccc3)C3CCCCC3)c2c1)N(C)[NH-].[Li+]. The predicted octanol–water partition coefficient (Wildman–Crippen LogP) is 5.72. The standard InChI is InChI=1S/C32H38N4.Li/c1-6-27(35(5)33)24-19-29-30(34-21-24)26-18-17-25(32(2,3)4)20-28(26)36(29)31(22-13-9-7-10-14-22)23-15-11-8-12-16-23;/h7,9-10,13-14,17-21,23,31,33H,8,11-12,15-16H2,1-5H3;/q-2;+1/t31-;/m1./s1. The Labute approximate surface area is 234 Å². The summed E-state index contributed by atoms with van der Waals surface area (Å²) in [7, 11) is 1.75. The third-order valence-corrected chi connectivity index (χ3v) is 7.87. The summed E-state index contributed by atoms with van der Waals surface area (Å²) in [5.41, 5.74) is 7.86. The number of hydrogen-bond acceptors (Lipinski definition) is 2. The molecule has 37 heavy (non-hydrogen) atoms. The Balaban J connectivity index is 0.00000320. The van der Waals surface area contributed by atoms with Crippen LogP contribution >= 0.6 is 0 Å². The Kier molecular flexibility index (Phi) is 8.24. The summed E-state index contributed by atoms with van der Waals surface area (Å²) in [5, 5.41) is 2.58. The van der Waals surface area contributed by atoms with E-state index in [4.69, 9.17) is 10.8 Å². The van der Waals surface area contributed by atoms with Crippen molar-refractivity contribution in [3.05, 3.63) is 89.4 Å². The first kappa shape index (κ1) is 27.5. The van der Waals surface area contributed by atoms with Gasteiger partial charge in [0.2, 0.25) is 0 Å². The number of allylic oxidation sites excluding steroid dienone is 1. The molecule has 0 aliphatic heterocycles. The van der Waals surface area contributed by atoms with Crippen molar-refractivity contribution in [1.29, 1.82) is 0 Å². The number of fused-ring (bicyclic) bond motifs is 3. The van der Waals surface area contributed by atoms with Crippen LogP contribution in [-0.4, -0.2) is 21.6 Å².